The molecule has 0 N–H and O–H groups in total. The van der Waals surface area contributed by atoms with Crippen LogP contribution in [-0.4, -0.2) is 44.1 Å². The summed E-state index contributed by atoms with van der Waals surface area (Å²) in [4.78, 5) is 2.22. The van der Waals surface area contributed by atoms with Crippen LogP contribution in [0.2, 0.25) is 0 Å². The molecule has 4 rings (SSSR count). The van der Waals surface area contributed by atoms with E-state index in [9.17, 15) is 4.39 Å². The van der Waals surface area contributed by atoms with Crippen molar-refractivity contribution >= 4 is 16.6 Å². The van der Waals surface area contributed by atoms with E-state index in [0.717, 1.165) is 22.2 Å². The maximum Gasteiger partial charge on any atom is 0.162 e. The molecule has 2 aromatic carbocycles. The van der Waals surface area contributed by atoms with Gasteiger partial charge in [-0.15, -0.1) is 0 Å². The van der Waals surface area contributed by atoms with E-state index >= 15 is 0 Å². The Morgan fingerprint density at radius 2 is 1.82 bits per heavy atom. The number of halogens is 1. The first-order valence-electron chi connectivity index (χ1n) is 9.06. The number of hydrogen-bond donors (Lipinski definition) is 0. The van der Waals surface area contributed by atoms with Crippen LogP contribution < -0.4 is 14.4 Å². The first kappa shape index (κ1) is 18.4. The van der Waals surface area contributed by atoms with Gasteiger partial charge < -0.3 is 19.1 Å². The second-order valence-electron chi connectivity index (χ2n) is 6.96. The van der Waals surface area contributed by atoms with Crippen molar-refractivity contribution in [2.45, 2.75) is 12.5 Å². The van der Waals surface area contributed by atoms with Gasteiger partial charge in [0.15, 0.2) is 11.5 Å². The van der Waals surface area contributed by atoms with Gasteiger partial charge in [-0.05, 0) is 30.7 Å². The summed E-state index contributed by atoms with van der Waals surface area (Å²) >= 11 is 0. The van der Waals surface area contributed by atoms with Crippen LogP contribution in [0.15, 0.2) is 42.6 Å². The average molecular weight is 383 g/mol. The Balaban J connectivity index is 1.74. The van der Waals surface area contributed by atoms with Crippen molar-refractivity contribution in [3.8, 4) is 11.5 Å². The van der Waals surface area contributed by atoms with Gasteiger partial charge in [-0.2, -0.15) is 10.2 Å². The van der Waals surface area contributed by atoms with Crippen LogP contribution in [-0.2, 0) is 10.3 Å². The van der Waals surface area contributed by atoms with Crippen molar-refractivity contribution in [3.63, 3.8) is 0 Å². The highest BCUT2D eigenvalue weighted by Crippen LogP contribution is 2.38. The average Bonchev–Trinajstić information content (AvgIpc) is 2.72. The van der Waals surface area contributed by atoms with Gasteiger partial charge in [0.1, 0.15) is 11.4 Å². The Morgan fingerprint density at radius 1 is 1.11 bits per heavy atom. The largest absolute Gasteiger partial charge is 0.493 e. The zero-order valence-electron chi connectivity index (χ0n) is 16.1. The maximum absolute atomic E-state index is 13.3. The number of nitrogens with zero attached hydrogens (tertiary/aromatic N) is 3. The molecule has 1 aliphatic rings. The van der Waals surface area contributed by atoms with Crippen LogP contribution in [0.1, 0.15) is 12.5 Å². The van der Waals surface area contributed by atoms with Crippen LogP contribution in [0.25, 0.3) is 10.9 Å². The summed E-state index contributed by atoms with van der Waals surface area (Å²) in [6, 6.07) is 10.2. The van der Waals surface area contributed by atoms with Gasteiger partial charge in [0, 0.05) is 18.0 Å². The van der Waals surface area contributed by atoms with Crippen LogP contribution in [0, 0.1) is 5.82 Å². The van der Waals surface area contributed by atoms with Gasteiger partial charge in [0.25, 0.3) is 0 Å². The molecule has 0 amide bonds. The summed E-state index contributed by atoms with van der Waals surface area (Å²) in [7, 11) is 3.20. The normalized spacial score (nSPS) is 19.6. The molecule has 0 spiro atoms. The zero-order valence-corrected chi connectivity index (χ0v) is 16.1. The van der Waals surface area contributed by atoms with Gasteiger partial charge in [-0.1, -0.05) is 12.1 Å². The summed E-state index contributed by atoms with van der Waals surface area (Å²) in [6.45, 7) is 3.89. The predicted octanol–water partition coefficient (Wildman–Crippen LogP) is 3.54. The molecule has 1 fully saturated rings. The lowest BCUT2D eigenvalue weighted by atomic mass is 9.93. The van der Waals surface area contributed by atoms with Crippen molar-refractivity contribution in [3.05, 3.63) is 54.0 Å². The minimum atomic E-state index is -0.557. The SMILES string of the molecule is COc1cc2nncc(N3CCOC(C)(c4ccc(F)cc4)C3)c2cc1OC. The molecule has 6 nitrogen and oxygen atoms in total. The van der Waals surface area contributed by atoms with E-state index in [1.54, 1.807) is 32.5 Å². The first-order chi connectivity index (χ1) is 13.5. The molecular formula is C21H22FN3O3. The van der Waals surface area contributed by atoms with Gasteiger partial charge in [-0.3, -0.25) is 0 Å². The van der Waals surface area contributed by atoms with Crippen molar-refractivity contribution in [1.82, 2.24) is 10.2 Å². The Hall–Kier alpha value is -2.93. The van der Waals surface area contributed by atoms with Crippen molar-refractivity contribution < 1.29 is 18.6 Å². The monoisotopic (exact) mass is 383 g/mol. The number of anilines is 1. The third-order valence-electron chi connectivity index (χ3n) is 5.19. The lowest BCUT2D eigenvalue weighted by Crippen LogP contribution is -2.48. The molecule has 1 atom stereocenters. The highest BCUT2D eigenvalue weighted by Gasteiger charge is 2.34. The van der Waals surface area contributed by atoms with Gasteiger partial charge in [0.2, 0.25) is 0 Å². The van der Waals surface area contributed by atoms with Gasteiger partial charge in [-0.25, -0.2) is 4.39 Å². The lowest BCUT2D eigenvalue weighted by Gasteiger charge is -2.42. The molecule has 0 aliphatic carbocycles. The van der Waals surface area contributed by atoms with Crippen molar-refractivity contribution in [2.75, 3.05) is 38.8 Å². The highest BCUT2D eigenvalue weighted by atomic mass is 19.1. The van der Waals surface area contributed by atoms with E-state index in [2.05, 4.69) is 15.1 Å². The van der Waals surface area contributed by atoms with E-state index in [4.69, 9.17) is 14.2 Å². The molecule has 2 heterocycles. The summed E-state index contributed by atoms with van der Waals surface area (Å²) in [6.07, 6.45) is 1.75. The molecule has 1 unspecified atom stereocenters. The Kier molecular flexibility index (Phi) is 4.77. The lowest BCUT2D eigenvalue weighted by molar-refractivity contribution is -0.0465. The molecule has 28 heavy (non-hydrogen) atoms. The minimum absolute atomic E-state index is 0.259. The van der Waals surface area contributed by atoms with Gasteiger partial charge in [0.05, 0.1) is 44.8 Å². The van der Waals surface area contributed by atoms with Crippen LogP contribution >= 0.6 is 0 Å². The fourth-order valence-electron chi connectivity index (χ4n) is 3.68. The molecule has 0 saturated carbocycles. The zero-order chi connectivity index (χ0) is 19.7. The Bertz CT molecular complexity index is 996. The van der Waals surface area contributed by atoms with Crippen molar-refractivity contribution in [2.24, 2.45) is 0 Å². The predicted molar refractivity (Wildman–Crippen MR) is 105 cm³/mol. The van der Waals surface area contributed by atoms with E-state index in [1.807, 2.05) is 19.1 Å². The van der Waals surface area contributed by atoms with Crippen LogP contribution in [0.4, 0.5) is 10.1 Å². The van der Waals surface area contributed by atoms with Crippen LogP contribution in [0.3, 0.4) is 0 Å². The quantitative estimate of drug-likeness (QED) is 0.687. The first-order valence-corrected chi connectivity index (χ1v) is 9.06. The molecular weight excluding hydrogens is 361 g/mol. The van der Waals surface area contributed by atoms with E-state index in [1.165, 1.54) is 12.1 Å². The Labute approximate surface area is 162 Å². The molecule has 0 radical (unpaired) electrons. The van der Waals surface area contributed by atoms with Gasteiger partial charge >= 0.3 is 0 Å². The third-order valence-corrected chi connectivity index (χ3v) is 5.19. The second kappa shape index (κ2) is 7.24. The summed E-state index contributed by atoms with van der Waals surface area (Å²) in [5, 5.41) is 9.34. The number of ether oxygens (including phenoxy) is 3. The number of morpholine rings is 1. The topological polar surface area (TPSA) is 56.7 Å². The minimum Gasteiger partial charge on any atom is -0.493 e. The molecule has 146 valence electrons. The summed E-state index contributed by atoms with van der Waals surface area (Å²) < 4.78 is 30.3. The maximum atomic E-state index is 13.3. The summed E-state index contributed by atoms with van der Waals surface area (Å²) in [5.74, 6) is 0.990. The molecule has 1 saturated heterocycles. The molecule has 1 aliphatic heterocycles. The molecule has 3 aromatic rings. The van der Waals surface area contributed by atoms with E-state index in [0.29, 0.717) is 31.2 Å². The summed E-state index contributed by atoms with van der Waals surface area (Å²) in [5.41, 5.74) is 2.05. The van der Waals surface area contributed by atoms with E-state index in [-0.39, 0.29) is 5.82 Å². The highest BCUT2D eigenvalue weighted by molar-refractivity contribution is 5.93. The fourth-order valence-corrected chi connectivity index (χ4v) is 3.68. The molecule has 0 bridgehead atoms. The second-order valence-corrected chi connectivity index (χ2v) is 6.96. The molecule has 7 heteroatoms. The standard InChI is InChI=1S/C21H22FN3O3/c1-21(14-4-6-15(22)7-5-14)13-25(8-9-28-21)18-12-23-24-17-11-20(27-3)19(26-2)10-16(17)18/h4-7,10-12H,8-9,13H2,1-3H3. The fraction of sp³-hybridized carbons (Fsp3) is 0.333. The van der Waals surface area contributed by atoms with E-state index < -0.39 is 5.60 Å². The smallest absolute Gasteiger partial charge is 0.162 e. The third kappa shape index (κ3) is 3.22. The number of rotatable bonds is 4. The Morgan fingerprint density at radius 3 is 2.54 bits per heavy atom. The number of aromatic nitrogens is 2. The molecule has 1 aromatic heterocycles. The number of methoxy groups -OCH3 is 2. The number of hydrogen-bond acceptors (Lipinski definition) is 6. The number of fused-ring (bicyclic) bond motifs is 1. The van der Waals surface area contributed by atoms with Crippen LogP contribution in [0.5, 0.6) is 11.5 Å². The van der Waals surface area contributed by atoms with Crippen molar-refractivity contribution in [1.29, 1.82) is 0 Å². The number of benzene rings is 2.